The standard InChI is InChI=1S/C15H14ClFN2S/c1-10-8-20-9-11(10)7-19-14-6-12(17)2-3-13(14)18-15(19)4-5-16/h2-3,6,8-9H,4-5,7H2,1H3. The van der Waals surface area contributed by atoms with Gasteiger partial charge in [0.2, 0.25) is 0 Å². The maximum atomic E-state index is 13.5. The van der Waals surface area contributed by atoms with Gasteiger partial charge in [-0.05, 0) is 47.0 Å². The summed E-state index contributed by atoms with van der Waals surface area (Å²) in [6, 6.07) is 4.71. The fourth-order valence-corrected chi connectivity index (χ4v) is 3.33. The lowest BCUT2D eigenvalue weighted by Gasteiger charge is -2.08. The predicted molar refractivity (Wildman–Crippen MR) is 82.3 cm³/mol. The van der Waals surface area contributed by atoms with E-state index < -0.39 is 0 Å². The highest BCUT2D eigenvalue weighted by Crippen LogP contribution is 2.22. The lowest BCUT2D eigenvalue weighted by atomic mass is 10.2. The van der Waals surface area contributed by atoms with Crippen LogP contribution in [0.5, 0.6) is 0 Å². The van der Waals surface area contributed by atoms with Crippen molar-refractivity contribution in [3.05, 3.63) is 51.7 Å². The van der Waals surface area contributed by atoms with E-state index in [1.54, 1.807) is 23.5 Å². The second-order valence-electron chi connectivity index (χ2n) is 4.77. The van der Waals surface area contributed by atoms with E-state index in [1.165, 1.54) is 17.2 Å². The van der Waals surface area contributed by atoms with Gasteiger partial charge in [-0.1, -0.05) is 0 Å². The van der Waals surface area contributed by atoms with Crippen molar-refractivity contribution in [2.75, 3.05) is 5.88 Å². The highest BCUT2D eigenvalue weighted by atomic mass is 35.5. The molecule has 0 atom stereocenters. The molecule has 2 nitrogen and oxygen atoms in total. The molecule has 2 heterocycles. The van der Waals surface area contributed by atoms with Gasteiger partial charge in [-0.25, -0.2) is 9.37 Å². The highest BCUT2D eigenvalue weighted by Gasteiger charge is 2.12. The summed E-state index contributed by atoms with van der Waals surface area (Å²) < 4.78 is 15.6. The zero-order chi connectivity index (χ0) is 14.1. The molecule has 1 aromatic carbocycles. The Morgan fingerprint density at radius 1 is 1.35 bits per heavy atom. The van der Waals surface area contributed by atoms with Crippen molar-refractivity contribution >= 4 is 34.0 Å². The molecular formula is C15H14ClFN2S. The summed E-state index contributed by atoms with van der Waals surface area (Å²) in [7, 11) is 0. The Labute approximate surface area is 125 Å². The summed E-state index contributed by atoms with van der Waals surface area (Å²) in [5.74, 6) is 1.18. The van der Waals surface area contributed by atoms with Gasteiger partial charge in [-0.2, -0.15) is 11.3 Å². The van der Waals surface area contributed by atoms with Crippen molar-refractivity contribution in [1.29, 1.82) is 0 Å². The van der Waals surface area contributed by atoms with Crippen LogP contribution in [0.4, 0.5) is 4.39 Å². The molecule has 3 aromatic rings. The lowest BCUT2D eigenvalue weighted by Crippen LogP contribution is -2.06. The number of rotatable bonds is 4. The van der Waals surface area contributed by atoms with E-state index in [-0.39, 0.29) is 5.82 Å². The van der Waals surface area contributed by atoms with Crippen molar-refractivity contribution in [2.45, 2.75) is 19.9 Å². The Kier molecular flexibility index (Phi) is 3.76. The van der Waals surface area contributed by atoms with E-state index in [9.17, 15) is 4.39 Å². The zero-order valence-corrected chi connectivity index (χ0v) is 12.6. The second-order valence-corrected chi connectivity index (χ2v) is 5.89. The molecule has 20 heavy (non-hydrogen) atoms. The van der Waals surface area contributed by atoms with Crippen LogP contribution in [0.2, 0.25) is 0 Å². The van der Waals surface area contributed by atoms with Crippen LogP contribution in [0.15, 0.2) is 29.0 Å². The van der Waals surface area contributed by atoms with Gasteiger partial charge in [0.25, 0.3) is 0 Å². The average Bonchev–Trinajstić information content (AvgIpc) is 2.96. The third-order valence-electron chi connectivity index (χ3n) is 3.40. The third kappa shape index (κ3) is 2.45. The maximum Gasteiger partial charge on any atom is 0.125 e. The molecule has 5 heteroatoms. The Morgan fingerprint density at radius 3 is 2.90 bits per heavy atom. The van der Waals surface area contributed by atoms with Gasteiger partial charge in [0.05, 0.1) is 17.6 Å². The van der Waals surface area contributed by atoms with E-state index in [0.717, 1.165) is 16.9 Å². The van der Waals surface area contributed by atoms with Crippen molar-refractivity contribution in [2.24, 2.45) is 0 Å². The number of fused-ring (bicyclic) bond motifs is 1. The summed E-state index contributed by atoms with van der Waals surface area (Å²) in [6.45, 7) is 2.80. The van der Waals surface area contributed by atoms with Crippen LogP contribution in [0, 0.1) is 12.7 Å². The fraction of sp³-hybridized carbons (Fsp3) is 0.267. The molecule has 0 aliphatic rings. The molecule has 0 bridgehead atoms. The van der Waals surface area contributed by atoms with Gasteiger partial charge in [0, 0.05) is 12.3 Å². The summed E-state index contributed by atoms with van der Waals surface area (Å²) in [5.41, 5.74) is 4.15. The number of nitrogens with zero attached hydrogens (tertiary/aromatic N) is 2. The monoisotopic (exact) mass is 308 g/mol. The number of aryl methyl sites for hydroxylation is 2. The van der Waals surface area contributed by atoms with E-state index in [4.69, 9.17) is 11.6 Å². The number of thiophene rings is 1. The Bertz CT molecular complexity index is 747. The topological polar surface area (TPSA) is 17.8 Å². The summed E-state index contributed by atoms with van der Waals surface area (Å²) in [5, 5.41) is 4.25. The minimum Gasteiger partial charge on any atom is -0.323 e. The van der Waals surface area contributed by atoms with Crippen LogP contribution in [0.1, 0.15) is 17.0 Å². The lowest BCUT2D eigenvalue weighted by molar-refractivity contribution is 0.628. The molecule has 2 aromatic heterocycles. The number of hydrogen-bond acceptors (Lipinski definition) is 2. The number of hydrogen-bond donors (Lipinski definition) is 0. The normalized spacial score (nSPS) is 11.3. The molecule has 0 aliphatic heterocycles. The van der Waals surface area contributed by atoms with Crippen LogP contribution in [0.3, 0.4) is 0 Å². The largest absolute Gasteiger partial charge is 0.323 e. The van der Waals surface area contributed by atoms with Gasteiger partial charge in [0.1, 0.15) is 11.6 Å². The van der Waals surface area contributed by atoms with Gasteiger partial charge < -0.3 is 4.57 Å². The fourth-order valence-electron chi connectivity index (χ4n) is 2.32. The van der Waals surface area contributed by atoms with Gasteiger partial charge in [-0.15, -0.1) is 11.6 Å². The van der Waals surface area contributed by atoms with Crippen LogP contribution >= 0.6 is 22.9 Å². The molecule has 0 N–H and O–H groups in total. The van der Waals surface area contributed by atoms with E-state index in [1.807, 2.05) is 0 Å². The Morgan fingerprint density at radius 2 is 2.20 bits per heavy atom. The minimum absolute atomic E-state index is 0.238. The third-order valence-corrected chi connectivity index (χ3v) is 4.50. The first-order chi connectivity index (χ1) is 9.69. The minimum atomic E-state index is -0.238. The van der Waals surface area contributed by atoms with Crippen molar-refractivity contribution in [3.8, 4) is 0 Å². The molecule has 0 saturated carbocycles. The van der Waals surface area contributed by atoms with Crippen LogP contribution < -0.4 is 0 Å². The van der Waals surface area contributed by atoms with E-state index in [2.05, 4.69) is 27.2 Å². The van der Waals surface area contributed by atoms with Crippen molar-refractivity contribution in [1.82, 2.24) is 9.55 Å². The van der Waals surface area contributed by atoms with Crippen LogP contribution in [-0.4, -0.2) is 15.4 Å². The molecular weight excluding hydrogens is 295 g/mol. The number of aromatic nitrogens is 2. The number of imidazole rings is 1. The molecule has 3 rings (SSSR count). The molecule has 0 radical (unpaired) electrons. The van der Waals surface area contributed by atoms with E-state index >= 15 is 0 Å². The maximum absolute atomic E-state index is 13.5. The number of halogens is 2. The Balaban J connectivity index is 2.12. The quantitative estimate of drug-likeness (QED) is 0.654. The summed E-state index contributed by atoms with van der Waals surface area (Å²) in [6.07, 6.45) is 0.682. The predicted octanol–water partition coefficient (Wildman–Crippen LogP) is 4.37. The first-order valence-corrected chi connectivity index (χ1v) is 7.89. The number of benzene rings is 1. The van der Waals surface area contributed by atoms with Crippen molar-refractivity contribution < 1.29 is 4.39 Å². The average molecular weight is 309 g/mol. The van der Waals surface area contributed by atoms with Gasteiger partial charge >= 0.3 is 0 Å². The SMILES string of the molecule is Cc1cscc1Cn1c(CCCl)nc2ccc(F)cc21. The molecule has 0 spiro atoms. The van der Waals surface area contributed by atoms with Crippen LogP contribution in [0.25, 0.3) is 11.0 Å². The van der Waals surface area contributed by atoms with Crippen molar-refractivity contribution in [3.63, 3.8) is 0 Å². The first kappa shape index (κ1) is 13.6. The molecule has 0 amide bonds. The van der Waals surface area contributed by atoms with E-state index in [0.29, 0.717) is 18.8 Å². The Hall–Kier alpha value is -1.39. The molecule has 0 unspecified atom stereocenters. The second kappa shape index (κ2) is 5.54. The molecule has 0 aliphatic carbocycles. The zero-order valence-electron chi connectivity index (χ0n) is 11.1. The smallest absolute Gasteiger partial charge is 0.125 e. The first-order valence-electron chi connectivity index (χ1n) is 6.41. The molecule has 0 fully saturated rings. The molecule has 104 valence electrons. The number of alkyl halides is 1. The highest BCUT2D eigenvalue weighted by molar-refractivity contribution is 7.08. The van der Waals surface area contributed by atoms with Gasteiger partial charge in [0.15, 0.2) is 0 Å². The van der Waals surface area contributed by atoms with Crippen LogP contribution in [-0.2, 0) is 13.0 Å². The molecule has 0 saturated heterocycles. The summed E-state index contributed by atoms with van der Waals surface area (Å²) in [4.78, 5) is 4.57. The summed E-state index contributed by atoms with van der Waals surface area (Å²) >= 11 is 7.54. The van der Waals surface area contributed by atoms with Gasteiger partial charge in [-0.3, -0.25) is 0 Å².